The van der Waals surface area contributed by atoms with Crippen molar-refractivity contribution in [1.82, 2.24) is 0 Å². The molecular weight excluding hydrogens is 379 g/mol. The molecule has 170 valence electrons. The molecule has 2 nitrogen and oxygen atoms in total. The maximum absolute atomic E-state index is 6.78. The Bertz CT molecular complexity index is 760. The molecule has 1 heterocycles. The van der Waals surface area contributed by atoms with Crippen LogP contribution in [0, 0.1) is 22.7 Å². The van der Waals surface area contributed by atoms with Crippen LogP contribution in [0.2, 0.25) is 0 Å². The van der Waals surface area contributed by atoms with Crippen molar-refractivity contribution in [2.75, 3.05) is 0 Å². The number of hydrogen-bond donors (Lipinski definition) is 0. The molecule has 31 heavy (non-hydrogen) atoms. The summed E-state index contributed by atoms with van der Waals surface area (Å²) in [5.41, 5.74) is -0.402. The van der Waals surface area contributed by atoms with Crippen LogP contribution in [0.3, 0.4) is 0 Å². The first-order valence-electron chi connectivity index (χ1n) is 11.7. The van der Waals surface area contributed by atoms with E-state index < -0.39 is 18.3 Å². The van der Waals surface area contributed by atoms with Crippen LogP contribution in [-0.4, -0.2) is 18.3 Å². The molecule has 0 aliphatic carbocycles. The maximum Gasteiger partial charge on any atom is 0.487 e. The monoisotopic (exact) mass is 422 g/mol. The summed E-state index contributed by atoms with van der Waals surface area (Å²) in [4.78, 5) is 0. The van der Waals surface area contributed by atoms with E-state index in [1.54, 1.807) is 0 Å². The molecule has 0 N–H and O–H groups in total. The zero-order chi connectivity index (χ0) is 23.5. The molecule has 3 heteroatoms. The Hall–Kier alpha value is -1.58. The standard InChI is InChI=1S/C28H43BO2/c1-22(2)16-19-25(5,6)27(9)28(10,26(7,8)20-17-23(3)4)31-29(30-27)21-18-24-14-12-11-13-15-24/h11-23H,1-10H3/b19-16+,20-17+,21-18+/t27-,28-/m0/s1. The van der Waals surface area contributed by atoms with E-state index >= 15 is 0 Å². The summed E-state index contributed by atoms with van der Waals surface area (Å²) in [7, 11) is -0.409. The van der Waals surface area contributed by atoms with E-state index in [0.29, 0.717) is 11.8 Å². The molecule has 1 saturated heterocycles. The van der Waals surface area contributed by atoms with Crippen LogP contribution in [-0.2, 0) is 9.31 Å². The molecule has 0 unspecified atom stereocenters. The Morgan fingerprint density at radius 2 is 1.19 bits per heavy atom. The van der Waals surface area contributed by atoms with E-state index in [0.717, 1.165) is 5.56 Å². The molecule has 0 spiro atoms. The van der Waals surface area contributed by atoms with Crippen molar-refractivity contribution in [1.29, 1.82) is 0 Å². The van der Waals surface area contributed by atoms with E-state index in [1.807, 2.05) is 24.2 Å². The van der Waals surface area contributed by atoms with Gasteiger partial charge < -0.3 is 9.31 Å². The van der Waals surface area contributed by atoms with Gasteiger partial charge in [-0.25, -0.2) is 0 Å². The molecule has 1 aliphatic rings. The van der Waals surface area contributed by atoms with Crippen molar-refractivity contribution >= 4 is 13.2 Å². The van der Waals surface area contributed by atoms with Crippen molar-refractivity contribution in [2.45, 2.75) is 80.4 Å². The third-order valence-corrected chi connectivity index (χ3v) is 7.11. The largest absolute Gasteiger partial charge is 0.487 e. The molecule has 1 aliphatic heterocycles. The van der Waals surface area contributed by atoms with Crippen LogP contribution in [0.25, 0.3) is 6.08 Å². The van der Waals surface area contributed by atoms with Gasteiger partial charge in [0.2, 0.25) is 0 Å². The number of hydrogen-bond acceptors (Lipinski definition) is 2. The number of rotatable bonds is 8. The first-order chi connectivity index (χ1) is 14.2. The third-order valence-electron chi connectivity index (χ3n) is 7.11. The van der Waals surface area contributed by atoms with E-state index in [4.69, 9.17) is 9.31 Å². The second-order valence-electron chi connectivity index (χ2n) is 11.1. The first-order valence-corrected chi connectivity index (χ1v) is 11.7. The maximum atomic E-state index is 6.78. The highest BCUT2D eigenvalue weighted by Crippen LogP contribution is 2.57. The van der Waals surface area contributed by atoms with Gasteiger partial charge in [-0.3, -0.25) is 0 Å². The quantitative estimate of drug-likeness (QED) is 0.315. The van der Waals surface area contributed by atoms with Crippen LogP contribution in [0.5, 0.6) is 0 Å². The summed E-state index contributed by atoms with van der Waals surface area (Å²) >= 11 is 0. The lowest BCUT2D eigenvalue weighted by Gasteiger charge is -2.54. The van der Waals surface area contributed by atoms with Crippen LogP contribution in [0.1, 0.15) is 74.8 Å². The van der Waals surface area contributed by atoms with Gasteiger partial charge in [0.05, 0.1) is 11.2 Å². The average molecular weight is 422 g/mol. The average Bonchev–Trinajstić information content (AvgIpc) is 2.98. The molecule has 2 rings (SSSR count). The SMILES string of the molecule is CC(C)/C=C/C(C)(C)[C@]1(C)OB(/C=C/c2ccccc2)O[C@@]1(C)C(C)(C)/C=C/C(C)C. The lowest BCUT2D eigenvalue weighted by atomic mass is 9.58. The predicted octanol–water partition coefficient (Wildman–Crippen LogP) is 7.77. The molecular formula is C28H43BO2. The van der Waals surface area contributed by atoms with E-state index in [-0.39, 0.29) is 10.8 Å². The minimum atomic E-state index is -0.540. The Morgan fingerprint density at radius 1 is 0.774 bits per heavy atom. The number of allylic oxidation sites excluding steroid dienone is 2. The minimum Gasteiger partial charge on any atom is -0.398 e. The van der Waals surface area contributed by atoms with E-state index in [2.05, 4.69) is 112 Å². The molecule has 1 aromatic carbocycles. The topological polar surface area (TPSA) is 18.5 Å². The van der Waals surface area contributed by atoms with Crippen LogP contribution in [0.4, 0.5) is 0 Å². The zero-order valence-corrected chi connectivity index (χ0v) is 21.4. The van der Waals surface area contributed by atoms with Gasteiger partial charge in [0.25, 0.3) is 0 Å². The molecule has 0 amide bonds. The van der Waals surface area contributed by atoms with E-state index in [1.165, 1.54) is 0 Å². The molecule has 1 aromatic rings. The summed E-state index contributed by atoms with van der Waals surface area (Å²) < 4.78 is 13.6. The molecule has 0 bridgehead atoms. The fraction of sp³-hybridized carbons (Fsp3) is 0.571. The highest BCUT2D eigenvalue weighted by molar-refractivity contribution is 6.52. The summed E-state index contributed by atoms with van der Waals surface area (Å²) in [6.45, 7) is 22.3. The van der Waals surface area contributed by atoms with Crippen molar-refractivity contribution in [3.05, 3.63) is 66.2 Å². The van der Waals surface area contributed by atoms with E-state index in [9.17, 15) is 0 Å². The fourth-order valence-electron chi connectivity index (χ4n) is 4.26. The normalized spacial score (nSPS) is 25.9. The van der Waals surface area contributed by atoms with Crippen LogP contribution in [0.15, 0.2) is 60.6 Å². The molecule has 0 saturated carbocycles. The van der Waals surface area contributed by atoms with Crippen molar-refractivity contribution in [3.63, 3.8) is 0 Å². The Kier molecular flexibility index (Phi) is 7.88. The fourth-order valence-corrected chi connectivity index (χ4v) is 4.26. The molecule has 2 atom stereocenters. The minimum absolute atomic E-state index is 0.232. The third kappa shape index (κ3) is 5.44. The molecule has 0 radical (unpaired) electrons. The molecule has 1 fully saturated rings. The highest BCUT2D eigenvalue weighted by Gasteiger charge is 2.66. The lowest BCUT2D eigenvalue weighted by Crippen LogP contribution is -2.62. The smallest absolute Gasteiger partial charge is 0.398 e. The molecule has 0 aromatic heterocycles. The lowest BCUT2D eigenvalue weighted by molar-refractivity contribution is -0.129. The Morgan fingerprint density at radius 3 is 1.58 bits per heavy atom. The second-order valence-corrected chi connectivity index (χ2v) is 11.1. The van der Waals surface area contributed by atoms with Gasteiger partial charge in [0.15, 0.2) is 0 Å². The highest BCUT2D eigenvalue weighted by atomic mass is 16.7. The predicted molar refractivity (Wildman–Crippen MR) is 136 cm³/mol. The van der Waals surface area contributed by atoms with Gasteiger partial charge in [0.1, 0.15) is 0 Å². The first kappa shape index (κ1) is 25.7. The van der Waals surface area contributed by atoms with Gasteiger partial charge in [0, 0.05) is 10.8 Å². The summed E-state index contributed by atoms with van der Waals surface area (Å²) in [5, 5.41) is 0. The summed E-state index contributed by atoms with van der Waals surface area (Å²) in [6, 6.07) is 10.3. The number of benzene rings is 1. The zero-order valence-electron chi connectivity index (χ0n) is 21.4. The van der Waals surface area contributed by atoms with Crippen molar-refractivity contribution in [3.8, 4) is 0 Å². The second kappa shape index (κ2) is 9.51. The Labute approximate surface area is 192 Å². The van der Waals surface area contributed by atoms with Crippen LogP contribution >= 0.6 is 0 Å². The van der Waals surface area contributed by atoms with Gasteiger partial charge in [-0.2, -0.15) is 0 Å². The van der Waals surface area contributed by atoms with Gasteiger partial charge >= 0.3 is 7.12 Å². The van der Waals surface area contributed by atoms with Crippen molar-refractivity contribution in [2.24, 2.45) is 22.7 Å². The summed E-state index contributed by atoms with van der Waals surface area (Å²) in [6.07, 6.45) is 11.3. The van der Waals surface area contributed by atoms with Crippen molar-refractivity contribution < 1.29 is 9.31 Å². The summed E-state index contributed by atoms with van der Waals surface area (Å²) in [5.74, 6) is 3.02. The van der Waals surface area contributed by atoms with Crippen LogP contribution < -0.4 is 0 Å². The van der Waals surface area contributed by atoms with Gasteiger partial charge in [-0.1, -0.05) is 122 Å². The van der Waals surface area contributed by atoms with Gasteiger partial charge in [-0.05, 0) is 31.2 Å². The van der Waals surface area contributed by atoms with Gasteiger partial charge in [-0.15, -0.1) is 0 Å². The Balaban J connectivity index is 2.50.